The monoisotopic (exact) mass is 453 g/mol. The van der Waals surface area contributed by atoms with E-state index in [1.807, 2.05) is 13.0 Å². The number of rotatable bonds is 5. The number of nitrogens with zero attached hydrogens (tertiary/aromatic N) is 1. The highest BCUT2D eigenvalue weighted by molar-refractivity contribution is 7.89. The second-order valence-corrected chi connectivity index (χ2v) is 10.4. The Bertz CT molecular complexity index is 774. The molecule has 1 aromatic rings. The summed E-state index contributed by atoms with van der Waals surface area (Å²) in [4.78, 5) is 12.8. The number of urea groups is 1. The van der Waals surface area contributed by atoms with Gasteiger partial charge in [-0.05, 0) is 50.3 Å². The van der Waals surface area contributed by atoms with Crippen LogP contribution in [0.25, 0.3) is 0 Å². The van der Waals surface area contributed by atoms with Crippen LogP contribution < -0.4 is 10.6 Å². The number of sulfonamides is 1. The smallest absolute Gasteiger partial charge is 0.315 e. The van der Waals surface area contributed by atoms with Crippen molar-refractivity contribution in [1.29, 1.82) is 0 Å². The molecule has 3 rings (SSSR count). The predicted molar refractivity (Wildman–Crippen MR) is 129 cm³/mol. The van der Waals surface area contributed by atoms with Crippen LogP contribution in [0.3, 0.4) is 0 Å². The molecule has 1 atom stereocenters. The zero-order valence-corrected chi connectivity index (χ0v) is 18.3. The molecule has 0 spiro atoms. The van der Waals surface area contributed by atoms with E-state index in [9.17, 15) is 13.2 Å². The Morgan fingerprint density at radius 2 is 1.65 bits per heavy atom. The fraction of sp³-hybridized carbons (Fsp3) is 0.708. The summed E-state index contributed by atoms with van der Waals surface area (Å²) in [5.41, 5.74) is 0.927. The molecule has 2 N–H and O–H groups in total. The third-order valence-corrected chi connectivity index (χ3v) is 8.06. The molecule has 2 aliphatic rings. The largest absolute Gasteiger partial charge is 0.337 e. The molecule has 2 amide bonds. The number of carbonyl (C=O) groups excluding carboxylic acids is 1. The van der Waals surface area contributed by atoms with Crippen molar-refractivity contribution in [2.24, 2.45) is 0 Å². The van der Waals surface area contributed by atoms with Crippen molar-refractivity contribution < 1.29 is 13.2 Å². The third kappa shape index (κ3) is 7.79. The highest BCUT2D eigenvalue weighted by Gasteiger charge is 2.33. The van der Waals surface area contributed by atoms with Gasteiger partial charge in [0.1, 0.15) is 0 Å². The van der Waals surface area contributed by atoms with Gasteiger partial charge in [0.15, 0.2) is 0 Å². The quantitative estimate of drug-likeness (QED) is 0.641. The van der Waals surface area contributed by atoms with E-state index in [0.29, 0.717) is 18.0 Å². The topological polar surface area (TPSA) is 78.5 Å². The van der Waals surface area contributed by atoms with Crippen LogP contribution in [0.15, 0.2) is 29.2 Å². The summed E-state index contributed by atoms with van der Waals surface area (Å²) in [5, 5.41) is 6.05. The lowest BCUT2D eigenvalue weighted by atomic mass is 9.97. The molecule has 1 aliphatic heterocycles. The van der Waals surface area contributed by atoms with Crippen molar-refractivity contribution in [3.05, 3.63) is 29.8 Å². The van der Waals surface area contributed by atoms with Crippen LogP contribution in [-0.4, -0.2) is 43.9 Å². The molecule has 0 aromatic heterocycles. The van der Waals surface area contributed by atoms with Crippen molar-refractivity contribution in [1.82, 2.24) is 14.9 Å². The molecule has 1 heterocycles. The van der Waals surface area contributed by atoms with Crippen LogP contribution in [0.5, 0.6) is 0 Å². The van der Waals surface area contributed by atoms with Crippen LogP contribution in [-0.2, 0) is 10.0 Å². The average Bonchev–Trinajstić information content (AvgIpc) is 2.68. The van der Waals surface area contributed by atoms with Crippen LogP contribution >= 0.6 is 0 Å². The summed E-state index contributed by atoms with van der Waals surface area (Å²) in [6.45, 7) is 2.75. The van der Waals surface area contributed by atoms with Gasteiger partial charge in [-0.25, -0.2) is 13.2 Å². The number of benzene rings is 1. The molecule has 1 saturated heterocycles. The van der Waals surface area contributed by atoms with Gasteiger partial charge < -0.3 is 10.6 Å². The first-order valence-electron chi connectivity index (χ1n) is 11.1. The Labute approximate surface area is 190 Å². The van der Waals surface area contributed by atoms with Crippen molar-refractivity contribution in [3.63, 3.8) is 0 Å². The Hall–Kier alpha value is -1.60. The van der Waals surface area contributed by atoms with Crippen molar-refractivity contribution in [3.8, 4) is 0 Å². The lowest BCUT2D eigenvalue weighted by Crippen LogP contribution is -2.51. The Morgan fingerprint density at radius 3 is 2.32 bits per heavy atom. The number of piperidine rings is 1. The molecule has 0 bridgehead atoms. The maximum atomic E-state index is 13.2. The summed E-state index contributed by atoms with van der Waals surface area (Å²) in [5.74, 6) is 0. The molecule has 6 nitrogen and oxygen atoms in total. The lowest BCUT2D eigenvalue weighted by molar-refractivity contribution is 0.219. The first-order chi connectivity index (χ1) is 14.0. The molecule has 0 radical (unpaired) electrons. The number of nitrogens with one attached hydrogen (secondary N) is 2. The van der Waals surface area contributed by atoms with E-state index in [1.165, 1.54) is 19.3 Å². The van der Waals surface area contributed by atoms with Gasteiger partial charge in [-0.1, -0.05) is 65.5 Å². The minimum atomic E-state index is -3.56. The fourth-order valence-corrected chi connectivity index (χ4v) is 6.25. The first-order valence-corrected chi connectivity index (χ1v) is 12.5. The Morgan fingerprint density at radius 1 is 1.00 bits per heavy atom. The van der Waals surface area contributed by atoms with E-state index in [0.717, 1.165) is 50.5 Å². The van der Waals surface area contributed by atoms with Gasteiger partial charge in [-0.15, -0.1) is 0 Å². The van der Waals surface area contributed by atoms with Crippen LogP contribution in [0, 0.1) is 6.92 Å². The Kier molecular flexibility index (Phi) is 11.6. The van der Waals surface area contributed by atoms with Gasteiger partial charge >= 0.3 is 6.03 Å². The molecule has 31 heavy (non-hydrogen) atoms. The number of hydrogen-bond acceptors (Lipinski definition) is 3. The Balaban J connectivity index is 0.00000240. The van der Waals surface area contributed by atoms with E-state index >= 15 is 0 Å². The molecule has 7 heteroatoms. The van der Waals surface area contributed by atoms with E-state index in [1.54, 1.807) is 22.5 Å². The molecule has 2 fully saturated rings. The predicted octanol–water partition coefficient (Wildman–Crippen LogP) is 5.22. The normalized spacial score (nSPS) is 21.0. The summed E-state index contributed by atoms with van der Waals surface area (Å²) in [6, 6.07) is 6.91. The second-order valence-electron chi connectivity index (χ2n) is 8.48. The summed E-state index contributed by atoms with van der Waals surface area (Å²) < 4.78 is 27.9. The molecule has 1 saturated carbocycles. The highest BCUT2D eigenvalue weighted by Crippen LogP contribution is 2.25. The molecule has 1 aliphatic carbocycles. The number of amides is 2. The van der Waals surface area contributed by atoms with Crippen LogP contribution in [0.1, 0.15) is 84.6 Å². The van der Waals surface area contributed by atoms with Crippen molar-refractivity contribution >= 4 is 16.1 Å². The maximum Gasteiger partial charge on any atom is 0.315 e. The summed E-state index contributed by atoms with van der Waals surface area (Å²) in [6.07, 6.45) is 10.8. The van der Waals surface area contributed by atoms with Gasteiger partial charge in [-0.3, -0.25) is 0 Å². The maximum absolute atomic E-state index is 13.2. The summed E-state index contributed by atoms with van der Waals surface area (Å²) >= 11 is 0. The van der Waals surface area contributed by atoms with Gasteiger partial charge in [0.2, 0.25) is 10.0 Å². The number of carbonyl (C=O) groups is 1. The fourth-order valence-electron chi connectivity index (χ4n) is 4.45. The molecular formula is C24H43N3O3S. The average molecular weight is 454 g/mol. The second kappa shape index (κ2) is 13.1. The van der Waals surface area contributed by atoms with Crippen LogP contribution in [0.2, 0.25) is 0 Å². The first kappa shape index (κ1) is 27.4. The van der Waals surface area contributed by atoms with E-state index in [-0.39, 0.29) is 33.0 Å². The SMILES string of the molecule is C.C.Cc1cccc(S(=O)(=O)N2CCCCC2CNC(=O)NC2CCCCCCC2)c1. The zero-order valence-electron chi connectivity index (χ0n) is 17.5. The van der Waals surface area contributed by atoms with Gasteiger partial charge in [-0.2, -0.15) is 4.31 Å². The molecule has 178 valence electrons. The van der Waals surface area contributed by atoms with Gasteiger partial charge in [0, 0.05) is 25.2 Å². The van der Waals surface area contributed by atoms with Gasteiger partial charge in [0.25, 0.3) is 0 Å². The third-order valence-electron chi connectivity index (χ3n) is 6.11. The minimum Gasteiger partial charge on any atom is -0.337 e. The standard InChI is InChI=1S/C22H35N3O3S.2CH4/c1-18-10-9-14-21(16-18)29(27,28)25-15-8-7-13-20(25)17-23-22(26)24-19-11-5-3-2-4-6-12-19;;/h9-10,14,16,19-20H,2-8,11-13,15,17H2,1H3,(H2,23,24,26);2*1H4. The van der Waals surface area contributed by atoms with Crippen LogP contribution in [0.4, 0.5) is 4.79 Å². The number of aryl methyl sites for hydroxylation is 1. The molecule has 1 aromatic carbocycles. The van der Waals surface area contributed by atoms with E-state index < -0.39 is 10.0 Å². The molecule has 1 unspecified atom stereocenters. The van der Waals surface area contributed by atoms with Crippen molar-refractivity contribution in [2.75, 3.05) is 13.1 Å². The zero-order chi connectivity index (χ0) is 20.7. The van der Waals surface area contributed by atoms with E-state index in [2.05, 4.69) is 10.6 Å². The van der Waals surface area contributed by atoms with Crippen molar-refractivity contribution in [2.45, 2.75) is 103 Å². The number of hydrogen-bond donors (Lipinski definition) is 2. The molecular weight excluding hydrogens is 410 g/mol. The highest BCUT2D eigenvalue weighted by atomic mass is 32.2. The van der Waals surface area contributed by atoms with Gasteiger partial charge in [0.05, 0.1) is 4.90 Å². The minimum absolute atomic E-state index is 0. The summed E-state index contributed by atoms with van der Waals surface area (Å²) in [7, 11) is -3.56. The lowest BCUT2D eigenvalue weighted by Gasteiger charge is -2.35. The van der Waals surface area contributed by atoms with E-state index in [4.69, 9.17) is 0 Å².